The maximum atomic E-state index is 12.1. The fraction of sp³-hybridized carbons (Fsp3) is 0. The molecule has 0 fully saturated rings. The SMILES string of the molecule is O=C(N/C=C/c1ccc(O)cc1)c1cc(=O)c2cccc(O)c2[nH]1. The summed E-state index contributed by atoms with van der Waals surface area (Å²) in [5.41, 5.74) is 0.701. The summed E-state index contributed by atoms with van der Waals surface area (Å²) >= 11 is 0. The van der Waals surface area contributed by atoms with Crippen molar-refractivity contribution in [1.29, 1.82) is 0 Å². The number of hydrogen-bond acceptors (Lipinski definition) is 4. The Morgan fingerprint density at radius 3 is 2.58 bits per heavy atom. The standard InChI is InChI=1S/C18H14N2O4/c21-12-6-4-11(5-7-12)8-9-19-18(24)14-10-16(23)13-2-1-3-15(22)17(13)20-14/h1-10,21-22H,(H,19,24)(H,20,23)/b9-8+. The van der Waals surface area contributed by atoms with Crippen LogP contribution in [-0.4, -0.2) is 21.1 Å². The maximum Gasteiger partial charge on any atom is 0.271 e. The predicted octanol–water partition coefficient (Wildman–Crippen LogP) is 2.34. The lowest BCUT2D eigenvalue weighted by atomic mass is 10.1. The van der Waals surface area contributed by atoms with Gasteiger partial charge in [0, 0.05) is 17.7 Å². The molecule has 0 bridgehead atoms. The van der Waals surface area contributed by atoms with Gasteiger partial charge in [-0.2, -0.15) is 0 Å². The number of rotatable bonds is 3. The van der Waals surface area contributed by atoms with Gasteiger partial charge in [-0.3, -0.25) is 9.59 Å². The fourth-order valence-electron chi connectivity index (χ4n) is 2.26. The summed E-state index contributed by atoms with van der Waals surface area (Å²) in [6.07, 6.45) is 3.08. The van der Waals surface area contributed by atoms with Gasteiger partial charge in [0.15, 0.2) is 5.43 Å². The van der Waals surface area contributed by atoms with Crippen molar-refractivity contribution in [1.82, 2.24) is 10.3 Å². The van der Waals surface area contributed by atoms with Crippen LogP contribution in [0.15, 0.2) is 59.5 Å². The summed E-state index contributed by atoms with van der Waals surface area (Å²) in [7, 11) is 0. The van der Waals surface area contributed by atoms with E-state index in [0.29, 0.717) is 5.39 Å². The highest BCUT2D eigenvalue weighted by Crippen LogP contribution is 2.19. The summed E-state index contributed by atoms with van der Waals surface area (Å²) < 4.78 is 0. The van der Waals surface area contributed by atoms with Gasteiger partial charge in [-0.05, 0) is 35.9 Å². The van der Waals surface area contributed by atoms with E-state index in [9.17, 15) is 19.8 Å². The van der Waals surface area contributed by atoms with Crippen molar-refractivity contribution < 1.29 is 15.0 Å². The Labute approximate surface area is 136 Å². The molecule has 0 radical (unpaired) electrons. The minimum Gasteiger partial charge on any atom is -0.508 e. The van der Waals surface area contributed by atoms with E-state index in [-0.39, 0.29) is 28.1 Å². The van der Waals surface area contributed by atoms with Gasteiger partial charge in [0.2, 0.25) is 0 Å². The van der Waals surface area contributed by atoms with Crippen molar-refractivity contribution in [3.05, 3.63) is 76.2 Å². The molecule has 6 nitrogen and oxygen atoms in total. The molecule has 3 aromatic rings. The summed E-state index contributed by atoms with van der Waals surface area (Å²) in [6, 6.07) is 12.2. The van der Waals surface area contributed by atoms with Crippen LogP contribution in [0.4, 0.5) is 0 Å². The number of amides is 1. The zero-order valence-electron chi connectivity index (χ0n) is 12.5. The Hall–Kier alpha value is -3.54. The molecule has 120 valence electrons. The number of phenolic OH excluding ortho intramolecular Hbond substituents is 2. The topological polar surface area (TPSA) is 102 Å². The van der Waals surface area contributed by atoms with Crippen LogP contribution in [0.3, 0.4) is 0 Å². The van der Waals surface area contributed by atoms with E-state index in [2.05, 4.69) is 10.3 Å². The zero-order chi connectivity index (χ0) is 17.1. The van der Waals surface area contributed by atoms with Gasteiger partial charge >= 0.3 is 0 Å². The molecule has 0 spiro atoms. The number of para-hydroxylation sites is 1. The average Bonchev–Trinajstić information content (AvgIpc) is 2.57. The van der Waals surface area contributed by atoms with Crippen LogP contribution in [0, 0.1) is 0 Å². The largest absolute Gasteiger partial charge is 0.508 e. The van der Waals surface area contributed by atoms with Gasteiger partial charge in [-0.25, -0.2) is 0 Å². The number of nitrogens with one attached hydrogen (secondary N) is 2. The van der Waals surface area contributed by atoms with Gasteiger partial charge < -0.3 is 20.5 Å². The molecule has 3 rings (SSSR count). The highest BCUT2D eigenvalue weighted by Gasteiger charge is 2.10. The van der Waals surface area contributed by atoms with Gasteiger partial charge in [0.1, 0.15) is 17.2 Å². The Morgan fingerprint density at radius 1 is 1.08 bits per heavy atom. The first-order valence-electron chi connectivity index (χ1n) is 7.16. The maximum absolute atomic E-state index is 12.1. The molecule has 1 aromatic heterocycles. The first-order chi connectivity index (χ1) is 11.5. The second-order valence-corrected chi connectivity index (χ2v) is 5.15. The molecule has 1 amide bonds. The van der Waals surface area contributed by atoms with Crippen LogP contribution in [0.25, 0.3) is 17.0 Å². The van der Waals surface area contributed by atoms with E-state index >= 15 is 0 Å². The number of pyridine rings is 1. The molecule has 0 aliphatic rings. The summed E-state index contributed by atoms with van der Waals surface area (Å²) in [5.74, 6) is -0.448. The highest BCUT2D eigenvalue weighted by molar-refractivity contribution is 5.96. The Balaban J connectivity index is 1.82. The Bertz CT molecular complexity index is 988. The molecule has 0 aliphatic heterocycles. The van der Waals surface area contributed by atoms with Crippen LogP contribution >= 0.6 is 0 Å². The molecule has 0 aliphatic carbocycles. The van der Waals surface area contributed by atoms with Gasteiger partial charge in [0.25, 0.3) is 5.91 Å². The van der Waals surface area contributed by atoms with Crippen molar-refractivity contribution >= 4 is 22.9 Å². The van der Waals surface area contributed by atoms with Gasteiger partial charge in [-0.1, -0.05) is 18.2 Å². The van der Waals surface area contributed by atoms with Gasteiger partial charge in [0.05, 0.1) is 5.52 Å². The number of aromatic hydroxyl groups is 2. The molecular formula is C18H14N2O4. The number of aromatic amines is 1. The molecule has 0 saturated carbocycles. The molecule has 24 heavy (non-hydrogen) atoms. The van der Waals surface area contributed by atoms with Crippen molar-refractivity contribution in [2.45, 2.75) is 0 Å². The summed E-state index contributed by atoms with van der Waals surface area (Å²) in [4.78, 5) is 26.9. The number of benzene rings is 2. The molecule has 4 N–H and O–H groups in total. The van der Waals surface area contributed by atoms with Crippen molar-refractivity contribution in [2.75, 3.05) is 0 Å². The number of phenols is 2. The van der Waals surface area contributed by atoms with E-state index < -0.39 is 5.91 Å². The molecule has 0 saturated heterocycles. The van der Waals surface area contributed by atoms with Crippen LogP contribution in [0.2, 0.25) is 0 Å². The van der Waals surface area contributed by atoms with E-state index in [4.69, 9.17) is 0 Å². The van der Waals surface area contributed by atoms with Crippen LogP contribution in [-0.2, 0) is 0 Å². The normalized spacial score (nSPS) is 11.0. The van der Waals surface area contributed by atoms with E-state index in [1.54, 1.807) is 30.3 Å². The molecule has 1 heterocycles. The summed E-state index contributed by atoms with van der Waals surface area (Å²) in [5, 5.41) is 21.9. The quantitative estimate of drug-likeness (QED) is 0.594. The van der Waals surface area contributed by atoms with Crippen molar-refractivity contribution in [3.8, 4) is 11.5 Å². The highest BCUT2D eigenvalue weighted by atomic mass is 16.3. The van der Waals surface area contributed by atoms with E-state index in [1.807, 2.05) is 0 Å². The molecule has 0 unspecified atom stereocenters. The Kier molecular flexibility index (Phi) is 4.03. The second kappa shape index (κ2) is 6.29. The average molecular weight is 322 g/mol. The number of carbonyl (C=O) groups excluding carboxylic acids is 1. The number of H-pyrrole nitrogens is 1. The van der Waals surface area contributed by atoms with Crippen LogP contribution in [0.5, 0.6) is 11.5 Å². The molecule has 0 atom stereocenters. The number of carbonyl (C=O) groups is 1. The first kappa shape index (κ1) is 15.4. The van der Waals surface area contributed by atoms with Crippen molar-refractivity contribution in [2.24, 2.45) is 0 Å². The smallest absolute Gasteiger partial charge is 0.271 e. The first-order valence-corrected chi connectivity index (χ1v) is 7.16. The zero-order valence-corrected chi connectivity index (χ0v) is 12.5. The van der Waals surface area contributed by atoms with E-state index in [1.165, 1.54) is 30.5 Å². The number of hydrogen-bond donors (Lipinski definition) is 4. The molecule has 2 aromatic carbocycles. The predicted molar refractivity (Wildman–Crippen MR) is 90.8 cm³/mol. The third-order valence-corrected chi connectivity index (χ3v) is 3.47. The summed E-state index contributed by atoms with van der Waals surface area (Å²) in [6.45, 7) is 0. The lowest BCUT2D eigenvalue weighted by Crippen LogP contribution is -2.20. The number of fused-ring (bicyclic) bond motifs is 1. The fourth-order valence-corrected chi connectivity index (χ4v) is 2.26. The lowest BCUT2D eigenvalue weighted by Gasteiger charge is -2.05. The van der Waals surface area contributed by atoms with E-state index in [0.717, 1.165) is 5.56 Å². The van der Waals surface area contributed by atoms with Crippen molar-refractivity contribution in [3.63, 3.8) is 0 Å². The lowest BCUT2D eigenvalue weighted by molar-refractivity contribution is 0.0966. The third-order valence-electron chi connectivity index (χ3n) is 3.47. The number of aromatic nitrogens is 1. The molecular weight excluding hydrogens is 308 g/mol. The molecule has 6 heteroatoms. The minimum atomic E-state index is -0.507. The van der Waals surface area contributed by atoms with Gasteiger partial charge in [-0.15, -0.1) is 0 Å². The second-order valence-electron chi connectivity index (χ2n) is 5.15. The minimum absolute atomic E-state index is 0.0457. The van der Waals surface area contributed by atoms with Crippen LogP contribution < -0.4 is 10.7 Å². The Morgan fingerprint density at radius 2 is 1.83 bits per heavy atom. The monoisotopic (exact) mass is 322 g/mol. The third kappa shape index (κ3) is 3.12. The van der Waals surface area contributed by atoms with Crippen LogP contribution in [0.1, 0.15) is 16.1 Å².